The zero-order valence-corrected chi connectivity index (χ0v) is 9.51. The van der Waals surface area contributed by atoms with Crippen LogP contribution in [-0.4, -0.2) is 23.0 Å². The van der Waals surface area contributed by atoms with E-state index < -0.39 is 4.92 Å². The Hall–Kier alpha value is -1.91. The lowest BCUT2D eigenvalue weighted by Gasteiger charge is -2.21. The van der Waals surface area contributed by atoms with Crippen LogP contribution in [0.5, 0.6) is 0 Å². The largest absolute Gasteiger partial charge is 0.347 e. The molecular formula is C11H15N3O2. The van der Waals surface area contributed by atoms with Gasteiger partial charge in [0, 0.05) is 25.4 Å². The van der Waals surface area contributed by atoms with Gasteiger partial charge >= 0.3 is 5.69 Å². The van der Waals surface area contributed by atoms with Gasteiger partial charge < -0.3 is 4.90 Å². The van der Waals surface area contributed by atoms with Gasteiger partial charge in [0.15, 0.2) is 0 Å². The Morgan fingerprint density at radius 2 is 2.38 bits per heavy atom. The molecule has 86 valence electrons. The van der Waals surface area contributed by atoms with Crippen molar-refractivity contribution >= 4 is 11.5 Å². The summed E-state index contributed by atoms with van der Waals surface area (Å²) in [6, 6.07) is 3.03. The van der Waals surface area contributed by atoms with Gasteiger partial charge in [-0.2, -0.15) is 0 Å². The van der Waals surface area contributed by atoms with Gasteiger partial charge in [-0.05, 0) is 19.9 Å². The molecule has 0 bridgehead atoms. The lowest BCUT2D eigenvalue weighted by molar-refractivity contribution is -0.384. The highest BCUT2D eigenvalue weighted by molar-refractivity contribution is 5.57. The maximum atomic E-state index is 10.8. The second-order valence-electron chi connectivity index (χ2n) is 3.57. The van der Waals surface area contributed by atoms with Crippen LogP contribution in [0.4, 0.5) is 11.5 Å². The first-order valence-corrected chi connectivity index (χ1v) is 5.05. The van der Waals surface area contributed by atoms with Crippen LogP contribution in [-0.2, 0) is 0 Å². The lowest BCUT2D eigenvalue weighted by Crippen LogP contribution is -2.26. The average Bonchev–Trinajstić information content (AvgIpc) is 2.25. The zero-order valence-electron chi connectivity index (χ0n) is 9.51. The molecule has 16 heavy (non-hydrogen) atoms. The number of hydrogen-bond acceptors (Lipinski definition) is 4. The standard InChI is InChI=1S/C11H15N3O2/c1-4-13(8-9(2)3)11-10(14(15)16)6-5-7-12-11/h5-7H,2,4,8H2,1,3H3. The van der Waals surface area contributed by atoms with Crippen molar-refractivity contribution in [3.05, 3.63) is 40.6 Å². The Kier molecular flexibility index (Phi) is 3.99. The van der Waals surface area contributed by atoms with E-state index in [1.807, 2.05) is 18.7 Å². The predicted molar refractivity (Wildman–Crippen MR) is 63.6 cm³/mol. The van der Waals surface area contributed by atoms with Crippen LogP contribution in [0.2, 0.25) is 0 Å². The second-order valence-corrected chi connectivity index (χ2v) is 3.57. The molecule has 0 spiro atoms. The minimum absolute atomic E-state index is 0.0330. The molecule has 0 aliphatic heterocycles. The monoisotopic (exact) mass is 221 g/mol. The minimum atomic E-state index is -0.413. The van der Waals surface area contributed by atoms with E-state index in [1.54, 1.807) is 12.3 Å². The molecule has 0 radical (unpaired) electrons. The SMILES string of the molecule is C=C(C)CN(CC)c1ncccc1[N+](=O)[O-]. The maximum absolute atomic E-state index is 10.8. The smallest absolute Gasteiger partial charge is 0.311 e. The summed E-state index contributed by atoms with van der Waals surface area (Å²) in [5.41, 5.74) is 0.979. The zero-order chi connectivity index (χ0) is 12.1. The molecule has 0 aliphatic rings. The van der Waals surface area contributed by atoms with Crippen molar-refractivity contribution in [2.24, 2.45) is 0 Å². The van der Waals surface area contributed by atoms with Crippen molar-refractivity contribution < 1.29 is 4.92 Å². The number of rotatable bonds is 5. The van der Waals surface area contributed by atoms with Crippen molar-refractivity contribution in [2.45, 2.75) is 13.8 Å². The molecule has 1 aromatic heterocycles. The highest BCUT2D eigenvalue weighted by Crippen LogP contribution is 2.24. The van der Waals surface area contributed by atoms with Gasteiger partial charge in [0.2, 0.25) is 5.82 Å². The van der Waals surface area contributed by atoms with E-state index in [2.05, 4.69) is 11.6 Å². The maximum Gasteiger partial charge on any atom is 0.311 e. The molecule has 0 aliphatic carbocycles. The van der Waals surface area contributed by atoms with Crippen LogP contribution in [0.25, 0.3) is 0 Å². The topological polar surface area (TPSA) is 59.3 Å². The first-order chi connectivity index (χ1) is 7.56. The van der Waals surface area contributed by atoms with Gasteiger partial charge in [-0.15, -0.1) is 0 Å². The van der Waals surface area contributed by atoms with Crippen LogP contribution in [0, 0.1) is 10.1 Å². The summed E-state index contributed by atoms with van der Waals surface area (Å²) < 4.78 is 0. The van der Waals surface area contributed by atoms with E-state index in [-0.39, 0.29) is 5.69 Å². The quantitative estimate of drug-likeness (QED) is 0.435. The van der Waals surface area contributed by atoms with Crippen molar-refractivity contribution in [1.29, 1.82) is 0 Å². The Labute approximate surface area is 94.6 Å². The summed E-state index contributed by atoms with van der Waals surface area (Å²) in [6.45, 7) is 8.86. The molecule has 1 heterocycles. The number of hydrogen-bond donors (Lipinski definition) is 0. The Morgan fingerprint density at radius 3 is 2.88 bits per heavy atom. The third kappa shape index (κ3) is 2.79. The molecule has 0 atom stereocenters. The number of nitrogens with zero attached hydrogens (tertiary/aromatic N) is 3. The van der Waals surface area contributed by atoms with Gasteiger partial charge in [-0.1, -0.05) is 12.2 Å². The summed E-state index contributed by atoms with van der Waals surface area (Å²) in [5, 5.41) is 10.8. The molecule has 1 aromatic rings. The average molecular weight is 221 g/mol. The Morgan fingerprint density at radius 1 is 1.69 bits per heavy atom. The number of likely N-dealkylation sites (N-methyl/N-ethyl adjacent to an activating group) is 1. The van der Waals surface area contributed by atoms with Crippen LogP contribution in [0.15, 0.2) is 30.5 Å². The minimum Gasteiger partial charge on any atom is -0.347 e. The fraction of sp³-hybridized carbons (Fsp3) is 0.364. The first-order valence-electron chi connectivity index (χ1n) is 5.05. The molecule has 0 N–H and O–H groups in total. The van der Waals surface area contributed by atoms with Crippen molar-refractivity contribution in [3.63, 3.8) is 0 Å². The number of pyridine rings is 1. The Bertz CT molecular complexity index is 404. The summed E-state index contributed by atoms with van der Waals surface area (Å²) in [4.78, 5) is 16.3. The van der Waals surface area contributed by atoms with Crippen LogP contribution >= 0.6 is 0 Å². The molecule has 0 saturated carbocycles. The molecule has 0 aromatic carbocycles. The normalized spacial score (nSPS) is 9.88. The third-order valence-corrected chi connectivity index (χ3v) is 2.10. The number of nitro groups is 1. The molecule has 0 unspecified atom stereocenters. The first kappa shape index (κ1) is 12.2. The highest BCUT2D eigenvalue weighted by atomic mass is 16.6. The fourth-order valence-corrected chi connectivity index (χ4v) is 1.44. The van der Waals surface area contributed by atoms with E-state index in [0.29, 0.717) is 18.9 Å². The van der Waals surface area contributed by atoms with Gasteiger partial charge in [0.25, 0.3) is 0 Å². The summed E-state index contributed by atoms with van der Waals surface area (Å²) in [6.07, 6.45) is 1.56. The van der Waals surface area contributed by atoms with Gasteiger partial charge in [-0.25, -0.2) is 4.98 Å². The molecular weight excluding hydrogens is 206 g/mol. The molecule has 5 nitrogen and oxygen atoms in total. The van der Waals surface area contributed by atoms with E-state index in [9.17, 15) is 10.1 Å². The van der Waals surface area contributed by atoms with Gasteiger partial charge in [-0.3, -0.25) is 10.1 Å². The summed E-state index contributed by atoms with van der Waals surface area (Å²) >= 11 is 0. The van der Waals surface area contributed by atoms with Crippen LogP contribution < -0.4 is 4.90 Å². The molecule has 0 saturated heterocycles. The van der Waals surface area contributed by atoms with E-state index in [1.165, 1.54) is 6.07 Å². The molecule has 1 rings (SSSR count). The predicted octanol–water partition coefficient (Wildman–Crippen LogP) is 2.39. The highest BCUT2D eigenvalue weighted by Gasteiger charge is 2.19. The second kappa shape index (κ2) is 5.25. The summed E-state index contributed by atoms with van der Waals surface area (Å²) in [7, 11) is 0. The van der Waals surface area contributed by atoms with E-state index >= 15 is 0 Å². The van der Waals surface area contributed by atoms with Crippen molar-refractivity contribution in [1.82, 2.24) is 4.98 Å². The van der Waals surface area contributed by atoms with Crippen LogP contribution in [0.3, 0.4) is 0 Å². The van der Waals surface area contributed by atoms with E-state index in [0.717, 1.165) is 5.57 Å². The van der Waals surface area contributed by atoms with Crippen LogP contribution in [0.1, 0.15) is 13.8 Å². The number of anilines is 1. The molecule has 0 fully saturated rings. The van der Waals surface area contributed by atoms with Gasteiger partial charge in [0.1, 0.15) is 0 Å². The Balaban J connectivity index is 3.08. The number of aromatic nitrogens is 1. The fourth-order valence-electron chi connectivity index (χ4n) is 1.44. The lowest BCUT2D eigenvalue weighted by atomic mass is 10.3. The van der Waals surface area contributed by atoms with E-state index in [4.69, 9.17) is 0 Å². The van der Waals surface area contributed by atoms with Crippen molar-refractivity contribution in [2.75, 3.05) is 18.0 Å². The molecule has 5 heteroatoms. The van der Waals surface area contributed by atoms with Gasteiger partial charge in [0.05, 0.1) is 4.92 Å². The third-order valence-electron chi connectivity index (χ3n) is 2.10. The molecule has 0 amide bonds. The summed E-state index contributed by atoms with van der Waals surface area (Å²) in [5.74, 6) is 0.401. The van der Waals surface area contributed by atoms with Crippen molar-refractivity contribution in [3.8, 4) is 0 Å².